The van der Waals surface area contributed by atoms with Crippen molar-refractivity contribution in [1.29, 1.82) is 0 Å². The molecule has 0 aromatic heterocycles. The van der Waals surface area contributed by atoms with E-state index in [1.807, 2.05) is 0 Å². The van der Waals surface area contributed by atoms with E-state index in [2.05, 4.69) is 10.1 Å². The third kappa shape index (κ3) is 2.93. The molecule has 2 atom stereocenters. The van der Waals surface area contributed by atoms with Gasteiger partial charge in [0.15, 0.2) is 9.84 Å². The maximum Gasteiger partial charge on any atom is 0.319 e. The summed E-state index contributed by atoms with van der Waals surface area (Å²) in [5.74, 6) is -0.863. The van der Waals surface area contributed by atoms with Crippen LogP contribution in [0, 0.1) is 0 Å². The van der Waals surface area contributed by atoms with Crippen molar-refractivity contribution in [2.24, 2.45) is 0 Å². The summed E-state index contributed by atoms with van der Waals surface area (Å²) < 4.78 is 26.5. The molecule has 0 radical (unpaired) electrons. The lowest BCUT2D eigenvalue weighted by atomic mass is 10.2. The molecule has 0 bridgehead atoms. The minimum atomic E-state index is -3.16. The summed E-state index contributed by atoms with van der Waals surface area (Å²) in [6.45, 7) is -0.0895. The Morgan fingerprint density at radius 3 is 2.64 bits per heavy atom. The second-order valence-corrected chi connectivity index (χ2v) is 5.36. The number of hydrogen-bond donors (Lipinski definition) is 2. The standard InChI is InChI=1S/C7H13NO5S/c1-13-7(10)2-8-5-3-14(11,12)4-6(5)9/h5-6,8-9H,2-4H2,1H3/t5-,6-/m1/s1. The predicted octanol–water partition coefficient (Wildman–Crippen LogP) is -2.09. The first-order chi connectivity index (χ1) is 6.44. The van der Waals surface area contributed by atoms with Gasteiger partial charge in [0.2, 0.25) is 0 Å². The molecule has 0 aromatic rings. The lowest BCUT2D eigenvalue weighted by Gasteiger charge is -2.13. The highest BCUT2D eigenvalue weighted by Gasteiger charge is 2.36. The Morgan fingerprint density at radius 1 is 1.57 bits per heavy atom. The second kappa shape index (κ2) is 4.24. The molecule has 1 fully saturated rings. The third-order valence-electron chi connectivity index (χ3n) is 2.06. The SMILES string of the molecule is COC(=O)CN[C@@H]1CS(=O)(=O)C[C@H]1O. The van der Waals surface area contributed by atoms with Gasteiger partial charge in [0, 0.05) is 6.04 Å². The average Bonchev–Trinajstić information content (AvgIpc) is 2.35. The highest BCUT2D eigenvalue weighted by molar-refractivity contribution is 7.91. The largest absolute Gasteiger partial charge is 0.468 e. The molecular weight excluding hydrogens is 210 g/mol. The Morgan fingerprint density at radius 2 is 2.21 bits per heavy atom. The minimum absolute atomic E-state index is 0.0895. The van der Waals surface area contributed by atoms with E-state index >= 15 is 0 Å². The number of aliphatic hydroxyl groups excluding tert-OH is 1. The van der Waals surface area contributed by atoms with E-state index in [0.717, 1.165) is 0 Å². The van der Waals surface area contributed by atoms with Crippen molar-refractivity contribution >= 4 is 15.8 Å². The number of hydrogen-bond acceptors (Lipinski definition) is 6. The van der Waals surface area contributed by atoms with E-state index in [-0.39, 0.29) is 18.1 Å². The topological polar surface area (TPSA) is 92.7 Å². The average molecular weight is 223 g/mol. The Hall–Kier alpha value is -0.660. The molecule has 1 aliphatic heterocycles. The fraction of sp³-hybridized carbons (Fsp3) is 0.857. The van der Waals surface area contributed by atoms with Gasteiger partial charge in [-0.25, -0.2) is 8.42 Å². The van der Waals surface area contributed by atoms with E-state index in [4.69, 9.17) is 0 Å². The van der Waals surface area contributed by atoms with Gasteiger partial charge < -0.3 is 15.2 Å². The first-order valence-corrected chi connectivity index (χ1v) is 5.95. The molecule has 2 N–H and O–H groups in total. The zero-order valence-electron chi connectivity index (χ0n) is 7.76. The number of ether oxygens (including phenoxy) is 1. The van der Waals surface area contributed by atoms with E-state index in [9.17, 15) is 18.3 Å². The Bertz CT molecular complexity index is 312. The zero-order valence-corrected chi connectivity index (χ0v) is 8.58. The van der Waals surface area contributed by atoms with Crippen LogP contribution >= 0.6 is 0 Å². The fourth-order valence-corrected chi connectivity index (χ4v) is 3.09. The van der Waals surface area contributed by atoms with Crippen LogP contribution in [0.2, 0.25) is 0 Å². The quantitative estimate of drug-likeness (QED) is 0.533. The van der Waals surface area contributed by atoms with E-state index in [1.165, 1.54) is 7.11 Å². The van der Waals surface area contributed by atoms with Crippen molar-refractivity contribution in [3.8, 4) is 0 Å². The number of rotatable bonds is 3. The molecule has 0 spiro atoms. The van der Waals surface area contributed by atoms with Crippen LogP contribution in [0.15, 0.2) is 0 Å². The molecule has 1 rings (SSSR count). The molecule has 14 heavy (non-hydrogen) atoms. The molecule has 0 aromatic carbocycles. The highest BCUT2D eigenvalue weighted by atomic mass is 32.2. The van der Waals surface area contributed by atoms with Crippen molar-refractivity contribution in [3.05, 3.63) is 0 Å². The Labute approximate surface area is 82.2 Å². The van der Waals surface area contributed by atoms with Gasteiger partial charge in [0.1, 0.15) is 0 Å². The summed E-state index contributed by atoms with van der Waals surface area (Å²) >= 11 is 0. The summed E-state index contributed by atoms with van der Waals surface area (Å²) in [5.41, 5.74) is 0. The van der Waals surface area contributed by atoms with Crippen LogP contribution in [-0.2, 0) is 19.4 Å². The van der Waals surface area contributed by atoms with Gasteiger partial charge in [-0.3, -0.25) is 4.79 Å². The third-order valence-corrected chi connectivity index (χ3v) is 3.78. The second-order valence-electron chi connectivity index (χ2n) is 3.21. The molecule has 1 saturated heterocycles. The molecule has 7 heteroatoms. The fourth-order valence-electron chi connectivity index (χ4n) is 1.31. The Balaban J connectivity index is 2.44. The van der Waals surface area contributed by atoms with Crippen LogP contribution in [0.3, 0.4) is 0 Å². The predicted molar refractivity (Wildman–Crippen MR) is 48.5 cm³/mol. The summed E-state index contributed by atoms with van der Waals surface area (Å²) in [7, 11) is -1.92. The molecule has 0 aliphatic carbocycles. The number of carbonyl (C=O) groups excluding carboxylic acids is 1. The number of nitrogens with one attached hydrogen (secondary N) is 1. The summed E-state index contributed by atoms with van der Waals surface area (Å²) in [6, 6.07) is -0.570. The van der Waals surface area contributed by atoms with Crippen molar-refractivity contribution in [3.63, 3.8) is 0 Å². The van der Waals surface area contributed by atoms with Crippen molar-refractivity contribution < 1.29 is 23.1 Å². The number of esters is 1. The molecule has 0 amide bonds. The van der Waals surface area contributed by atoms with Crippen molar-refractivity contribution in [2.45, 2.75) is 12.1 Å². The number of methoxy groups -OCH3 is 1. The van der Waals surface area contributed by atoms with E-state index in [0.29, 0.717) is 0 Å². The van der Waals surface area contributed by atoms with Crippen LogP contribution < -0.4 is 5.32 Å². The molecule has 0 saturated carbocycles. The molecule has 6 nitrogen and oxygen atoms in total. The van der Waals surface area contributed by atoms with Crippen LogP contribution in [0.25, 0.3) is 0 Å². The van der Waals surface area contributed by atoms with Crippen molar-refractivity contribution in [1.82, 2.24) is 5.32 Å². The molecular formula is C7H13NO5S. The lowest BCUT2D eigenvalue weighted by Crippen LogP contribution is -2.41. The maximum atomic E-state index is 11.0. The first-order valence-electron chi connectivity index (χ1n) is 4.13. The van der Waals surface area contributed by atoms with Gasteiger partial charge in [0.25, 0.3) is 0 Å². The number of sulfone groups is 1. The smallest absolute Gasteiger partial charge is 0.319 e. The Kier molecular flexibility index (Phi) is 3.46. The van der Waals surface area contributed by atoms with Crippen LogP contribution in [0.1, 0.15) is 0 Å². The number of aliphatic hydroxyl groups is 1. The van der Waals surface area contributed by atoms with Gasteiger partial charge in [-0.05, 0) is 0 Å². The normalized spacial score (nSPS) is 30.1. The summed E-state index contributed by atoms with van der Waals surface area (Å²) in [6.07, 6.45) is -0.940. The molecule has 0 unspecified atom stereocenters. The summed E-state index contributed by atoms with van der Waals surface area (Å²) in [5, 5.41) is 12.0. The lowest BCUT2D eigenvalue weighted by molar-refractivity contribution is -0.139. The van der Waals surface area contributed by atoms with Gasteiger partial charge >= 0.3 is 5.97 Å². The first kappa shape index (κ1) is 11.4. The maximum absolute atomic E-state index is 11.0. The van der Waals surface area contributed by atoms with Crippen LogP contribution in [0.4, 0.5) is 0 Å². The van der Waals surface area contributed by atoms with Gasteiger partial charge in [0.05, 0.1) is 31.3 Å². The zero-order chi connectivity index (χ0) is 10.8. The minimum Gasteiger partial charge on any atom is -0.468 e. The highest BCUT2D eigenvalue weighted by Crippen LogP contribution is 2.11. The molecule has 1 heterocycles. The summed E-state index contributed by atoms with van der Waals surface area (Å²) in [4.78, 5) is 10.7. The van der Waals surface area contributed by atoms with Crippen LogP contribution in [0.5, 0.6) is 0 Å². The van der Waals surface area contributed by atoms with E-state index < -0.39 is 28.0 Å². The monoisotopic (exact) mass is 223 g/mol. The van der Waals surface area contributed by atoms with Gasteiger partial charge in [-0.2, -0.15) is 0 Å². The van der Waals surface area contributed by atoms with Crippen molar-refractivity contribution in [2.75, 3.05) is 25.2 Å². The molecule has 82 valence electrons. The van der Waals surface area contributed by atoms with Gasteiger partial charge in [-0.1, -0.05) is 0 Å². The molecule has 1 aliphatic rings. The van der Waals surface area contributed by atoms with E-state index in [1.54, 1.807) is 0 Å². The van der Waals surface area contributed by atoms with Gasteiger partial charge in [-0.15, -0.1) is 0 Å². The number of carbonyl (C=O) groups is 1. The van der Waals surface area contributed by atoms with Crippen LogP contribution in [-0.4, -0.2) is 56.8 Å².